The molecule has 2 N–H and O–H groups in total. The predicted octanol–water partition coefficient (Wildman–Crippen LogP) is 4.26. The maximum absolute atomic E-state index is 12.5. The van der Waals surface area contributed by atoms with E-state index in [1.807, 2.05) is 12.1 Å². The second-order valence-corrected chi connectivity index (χ2v) is 8.11. The summed E-state index contributed by atoms with van der Waals surface area (Å²) >= 11 is 7.04. The van der Waals surface area contributed by atoms with Crippen molar-refractivity contribution in [3.05, 3.63) is 86.3 Å². The van der Waals surface area contributed by atoms with Gasteiger partial charge in [0.15, 0.2) is 10.9 Å². The summed E-state index contributed by atoms with van der Waals surface area (Å²) in [6, 6.07) is 14.0. The highest BCUT2D eigenvalue weighted by Gasteiger charge is 2.12. The highest BCUT2D eigenvalue weighted by molar-refractivity contribution is 7.99. The number of carbonyl (C=O) groups is 2. The monoisotopic (exact) mass is 441 g/mol. The number of aryl methyl sites for hydroxylation is 1. The lowest BCUT2D eigenvalue weighted by molar-refractivity contribution is -0.113. The number of carbonyl (C=O) groups excluding carboxylic acids is 2. The number of halogens is 1. The number of nitrogens with one attached hydrogen (secondary N) is 2. The summed E-state index contributed by atoms with van der Waals surface area (Å²) in [6.45, 7) is 3.25. The molecule has 2 aromatic carbocycles. The first kappa shape index (κ1) is 21.8. The molecule has 1 aromatic heterocycles. The molecule has 3 rings (SSSR count). The van der Waals surface area contributed by atoms with Crippen LogP contribution in [0.4, 0.5) is 5.69 Å². The van der Waals surface area contributed by atoms with Gasteiger partial charge in [0.2, 0.25) is 5.91 Å². The van der Waals surface area contributed by atoms with E-state index in [-0.39, 0.29) is 23.0 Å². The van der Waals surface area contributed by atoms with Crippen LogP contribution in [0, 0.1) is 6.92 Å². The first-order valence-electron chi connectivity index (χ1n) is 9.19. The molecule has 154 valence electrons. The molecular weight excluding hydrogens is 422 g/mol. The van der Waals surface area contributed by atoms with Gasteiger partial charge in [-0.25, -0.2) is 4.98 Å². The molecule has 0 aliphatic heterocycles. The maximum atomic E-state index is 12.5. The van der Waals surface area contributed by atoms with Gasteiger partial charge in [0, 0.05) is 34.0 Å². The molecule has 0 saturated carbocycles. The number of rotatable bonds is 7. The van der Waals surface area contributed by atoms with E-state index >= 15 is 0 Å². The van der Waals surface area contributed by atoms with Crippen molar-refractivity contribution in [3.8, 4) is 0 Å². The van der Waals surface area contributed by atoms with Crippen LogP contribution in [-0.4, -0.2) is 27.4 Å². The topological polar surface area (TPSA) is 91.9 Å². The van der Waals surface area contributed by atoms with E-state index in [1.165, 1.54) is 6.92 Å². The molecule has 8 heteroatoms. The number of hydrogen-bond acceptors (Lipinski definition) is 5. The van der Waals surface area contributed by atoms with Gasteiger partial charge in [0.05, 0.1) is 5.75 Å². The first-order valence-corrected chi connectivity index (χ1v) is 10.6. The zero-order valence-corrected chi connectivity index (χ0v) is 18.1. The van der Waals surface area contributed by atoms with Crippen LogP contribution in [0.2, 0.25) is 5.02 Å². The number of benzene rings is 2. The minimum atomic E-state index is -0.258. The molecular formula is C22H20ClN3O3S. The highest BCUT2D eigenvalue weighted by atomic mass is 35.5. The number of aromatic amines is 1. The van der Waals surface area contributed by atoms with Gasteiger partial charge in [0.25, 0.3) is 5.56 Å². The zero-order chi connectivity index (χ0) is 21.7. The van der Waals surface area contributed by atoms with Crippen molar-refractivity contribution < 1.29 is 9.59 Å². The zero-order valence-electron chi connectivity index (χ0n) is 16.5. The third-order valence-corrected chi connectivity index (χ3v) is 5.51. The number of H-pyrrole nitrogens is 1. The normalized spacial score (nSPS) is 10.6. The number of hydrogen-bond donors (Lipinski definition) is 2. The van der Waals surface area contributed by atoms with Crippen molar-refractivity contribution in [1.29, 1.82) is 0 Å². The van der Waals surface area contributed by atoms with Crippen molar-refractivity contribution in [2.24, 2.45) is 0 Å². The lowest BCUT2D eigenvalue weighted by atomic mass is 10.1. The van der Waals surface area contributed by atoms with Crippen molar-refractivity contribution >= 4 is 40.7 Å². The summed E-state index contributed by atoms with van der Waals surface area (Å²) in [5.41, 5.74) is 3.00. The Morgan fingerprint density at radius 1 is 1.17 bits per heavy atom. The Hall–Kier alpha value is -2.90. The Morgan fingerprint density at radius 2 is 1.90 bits per heavy atom. The van der Waals surface area contributed by atoms with E-state index in [9.17, 15) is 14.4 Å². The molecule has 0 spiro atoms. The van der Waals surface area contributed by atoms with Crippen LogP contribution >= 0.6 is 23.4 Å². The molecule has 0 aliphatic rings. The van der Waals surface area contributed by atoms with Crippen LogP contribution < -0.4 is 10.9 Å². The molecule has 0 radical (unpaired) electrons. The third-order valence-electron chi connectivity index (χ3n) is 4.39. The minimum Gasteiger partial charge on any atom is -0.325 e. The van der Waals surface area contributed by atoms with E-state index < -0.39 is 0 Å². The number of thioether (sulfide) groups is 1. The summed E-state index contributed by atoms with van der Waals surface area (Å²) in [6.07, 6.45) is 0.448. The molecule has 0 bridgehead atoms. The molecule has 0 atom stereocenters. The smallest absolute Gasteiger partial charge is 0.255 e. The summed E-state index contributed by atoms with van der Waals surface area (Å²) in [5.74, 6) is -0.258. The van der Waals surface area contributed by atoms with Gasteiger partial charge < -0.3 is 10.3 Å². The number of amides is 1. The lowest BCUT2D eigenvalue weighted by Gasteiger charge is -2.08. The van der Waals surface area contributed by atoms with Crippen LogP contribution in [0.1, 0.15) is 34.1 Å². The maximum Gasteiger partial charge on any atom is 0.255 e. The Morgan fingerprint density at radius 3 is 2.57 bits per heavy atom. The summed E-state index contributed by atoms with van der Waals surface area (Å²) < 4.78 is 0. The van der Waals surface area contributed by atoms with Crippen molar-refractivity contribution in [2.45, 2.75) is 25.4 Å². The average Bonchev–Trinajstić information content (AvgIpc) is 2.71. The van der Waals surface area contributed by atoms with Gasteiger partial charge in [-0.2, -0.15) is 0 Å². The fourth-order valence-electron chi connectivity index (χ4n) is 2.81. The van der Waals surface area contributed by atoms with Gasteiger partial charge >= 0.3 is 0 Å². The number of aromatic nitrogens is 2. The average molecular weight is 442 g/mol. The fourth-order valence-corrected chi connectivity index (χ4v) is 3.65. The highest BCUT2D eigenvalue weighted by Crippen LogP contribution is 2.17. The molecule has 1 amide bonds. The number of nitrogens with zero attached hydrogens (tertiary/aromatic N) is 1. The number of ketones is 1. The van der Waals surface area contributed by atoms with Gasteiger partial charge in [0.1, 0.15) is 0 Å². The van der Waals surface area contributed by atoms with Crippen LogP contribution in [0.5, 0.6) is 0 Å². The van der Waals surface area contributed by atoms with Crippen LogP contribution in [-0.2, 0) is 11.2 Å². The van der Waals surface area contributed by atoms with Crippen molar-refractivity contribution in [3.63, 3.8) is 0 Å². The molecule has 3 aromatic rings. The lowest BCUT2D eigenvalue weighted by Crippen LogP contribution is -2.19. The molecule has 0 aliphatic carbocycles. The van der Waals surface area contributed by atoms with Crippen LogP contribution in [0.25, 0.3) is 0 Å². The predicted molar refractivity (Wildman–Crippen MR) is 120 cm³/mol. The third kappa shape index (κ3) is 5.81. The molecule has 6 nitrogen and oxygen atoms in total. The van der Waals surface area contributed by atoms with Crippen molar-refractivity contribution in [2.75, 3.05) is 11.1 Å². The second-order valence-electron chi connectivity index (χ2n) is 6.71. The Bertz CT molecular complexity index is 1140. The molecule has 1 heterocycles. The quantitative estimate of drug-likeness (QED) is 0.325. The van der Waals surface area contributed by atoms with E-state index in [4.69, 9.17) is 11.6 Å². The van der Waals surface area contributed by atoms with E-state index in [0.29, 0.717) is 39.1 Å². The Balaban J connectivity index is 1.63. The Kier molecular flexibility index (Phi) is 7.07. The van der Waals surface area contributed by atoms with Crippen molar-refractivity contribution in [1.82, 2.24) is 9.97 Å². The van der Waals surface area contributed by atoms with Crippen LogP contribution in [0.3, 0.4) is 0 Å². The summed E-state index contributed by atoms with van der Waals surface area (Å²) in [7, 11) is 0. The molecule has 0 fully saturated rings. The number of Topliss-reactive ketones (excluding diaryl/α,β-unsaturated/α-hetero) is 1. The molecule has 30 heavy (non-hydrogen) atoms. The van der Waals surface area contributed by atoms with Gasteiger partial charge in [-0.3, -0.25) is 14.4 Å². The second kappa shape index (κ2) is 9.73. The Labute approximate surface area is 183 Å². The van der Waals surface area contributed by atoms with Gasteiger partial charge in [-0.1, -0.05) is 47.6 Å². The summed E-state index contributed by atoms with van der Waals surface area (Å²) in [5, 5.41) is 3.76. The van der Waals surface area contributed by atoms with Gasteiger partial charge in [-0.05, 0) is 43.7 Å². The van der Waals surface area contributed by atoms with E-state index in [1.54, 1.807) is 43.3 Å². The first-order chi connectivity index (χ1) is 14.3. The SMILES string of the molecule is CC(=O)c1cccc(NC(=O)CSc2nc(C)c(Cc3ccc(Cl)cc3)c(=O)[nH]2)c1. The van der Waals surface area contributed by atoms with Gasteiger partial charge in [-0.15, -0.1) is 0 Å². The standard InChI is InChI=1S/C22H20ClN3O3S/c1-13-19(10-15-6-8-17(23)9-7-15)21(29)26-22(24-13)30-12-20(28)25-18-5-3-4-16(11-18)14(2)27/h3-9,11H,10,12H2,1-2H3,(H,25,28)(H,24,26,29). The molecule has 0 unspecified atom stereocenters. The largest absolute Gasteiger partial charge is 0.325 e. The number of anilines is 1. The minimum absolute atomic E-state index is 0.0726. The van der Waals surface area contributed by atoms with E-state index in [2.05, 4.69) is 15.3 Å². The van der Waals surface area contributed by atoms with E-state index in [0.717, 1.165) is 17.3 Å². The fraction of sp³-hybridized carbons (Fsp3) is 0.182. The summed E-state index contributed by atoms with van der Waals surface area (Å²) in [4.78, 5) is 43.3. The van der Waals surface area contributed by atoms with Crippen LogP contribution in [0.15, 0.2) is 58.5 Å². The molecule has 0 saturated heterocycles.